The van der Waals surface area contributed by atoms with Crippen molar-refractivity contribution in [2.24, 2.45) is 0 Å². The summed E-state index contributed by atoms with van der Waals surface area (Å²) in [6.45, 7) is 2.04. The topological polar surface area (TPSA) is 78.7 Å². The van der Waals surface area contributed by atoms with Crippen LogP contribution < -0.4 is 11.1 Å². The monoisotopic (exact) mass is 430 g/mol. The van der Waals surface area contributed by atoms with E-state index in [1.54, 1.807) is 36.4 Å². The number of likely N-dealkylation sites (N-methyl/N-ethyl adjacent to an activating group) is 1. The summed E-state index contributed by atoms with van der Waals surface area (Å²) in [5.41, 5.74) is 9.19. The van der Waals surface area contributed by atoms with Crippen molar-refractivity contribution in [3.05, 3.63) is 95.6 Å². The average molecular weight is 431 g/mol. The van der Waals surface area contributed by atoms with Gasteiger partial charge in [0, 0.05) is 30.8 Å². The molecule has 3 rings (SSSR count). The number of nitrogens with two attached hydrogens (primary N) is 1. The summed E-state index contributed by atoms with van der Waals surface area (Å²) < 4.78 is 0. The molecule has 0 unspecified atom stereocenters. The van der Waals surface area contributed by atoms with E-state index in [-0.39, 0.29) is 11.8 Å². The fraction of sp³-hybridized carbons (Fsp3) is 0.231. The smallest absolute Gasteiger partial charge is 0.255 e. The molecule has 0 aliphatic carbocycles. The van der Waals surface area contributed by atoms with Crippen molar-refractivity contribution in [2.45, 2.75) is 6.42 Å². The van der Waals surface area contributed by atoms with Crippen molar-refractivity contribution in [3.63, 3.8) is 0 Å². The van der Waals surface area contributed by atoms with Gasteiger partial charge in [-0.2, -0.15) is 0 Å². The van der Waals surface area contributed by atoms with Crippen LogP contribution in [0.1, 0.15) is 26.3 Å². The maximum absolute atomic E-state index is 13.2. The first kappa shape index (κ1) is 23.0. The van der Waals surface area contributed by atoms with Gasteiger partial charge in [0.2, 0.25) is 0 Å². The van der Waals surface area contributed by atoms with Crippen LogP contribution in [-0.2, 0) is 6.42 Å². The first-order chi connectivity index (χ1) is 15.4. The third-order valence-electron chi connectivity index (χ3n) is 5.22. The largest absolute Gasteiger partial charge is 0.397 e. The van der Waals surface area contributed by atoms with E-state index < -0.39 is 0 Å². The van der Waals surface area contributed by atoms with Crippen molar-refractivity contribution in [3.8, 4) is 0 Å². The molecule has 6 nitrogen and oxygen atoms in total. The van der Waals surface area contributed by atoms with E-state index >= 15 is 0 Å². The lowest BCUT2D eigenvalue weighted by molar-refractivity contribution is 0.0746. The SMILES string of the molecule is CN(C)CCN(CCc1ccccc1)C(=O)c1ccc(C(=O)Nc2ccccc2N)cc1. The molecule has 0 bridgehead atoms. The zero-order valence-corrected chi connectivity index (χ0v) is 18.6. The Kier molecular flexibility index (Phi) is 8.00. The van der Waals surface area contributed by atoms with Crippen LogP contribution in [0, 0.1) is 0 Å². The molecule has 3 aromatic rings. The molecule has 0 heterocycles. The molecule has 0 spiro atoms. The zero-order valence-electron chi connectivity index (χ0n) is 18.6. The normalized spacial score (nSPS) is 10.7. The summed E-state index contributed by atoms with van der Waals surface area (Å²) in [7, 11) is 3.99. The van der Waals surface area contributed by atoms with Gasteiger partial charge in [0.25, 0.3) is 11.8 Å². The number of hydrogen-bond acceptors (Lipinski definition) is 4. The quantitative estimate of drug-likeness (QED) is 0.507. The molecule has 0 saturated carbocycles. The van der Waals surface area contributed by atoms with E-state index in [9.17, 15) is 9.59 Å². The molecule has 0 aliphatic rings. The highest BCUT2D eigenvalue weighted by molar-refractivity contribution is 6.06. The maximum atomic E-state index is 13.2. The van der Waals surface area contributed by atoms with Gasteiger partial charge in [0.15, 0.2) is 0 Å². The second-order valence-electron chi connectivity index (χ2n) is 7.95. The van der Waals surface area contributed by atoms with E-state index in [4.69, 9.17) is 5.73 Å². The summed E-state index contributed by atoms with van der Waals surface area (Å²) in [6.07, 6.45) is 0.791. The summed E-state index contributed by atoms with van der Waals surface area (Å²) in [6, 6.07) is 24.0. The van der Waals surface area contributed by atoms with E-state index in [1.807, 2.05) is 49.3 Å². The third kappa shape index (κ3) is 6.43. The highest BCUT2D eigenvalue weighted by atomic mass is 16.2. The van der Waals surface area contributed by atoms with Gasteiger partial charge in [-0.25, -0.2) is 0 Å². The van der Waals surface area contributed by atoms with Gasteiger partial charge < -0.3 is 20.9 Å². The number of para-hydroxylation sites is 2. The highest BCUT2D eigenvalue weighted by Gasteiger charge is 2.17. The Morgan fingerprint density at radius 3 is 2.06 bits per heavy atom. The molecular formula is C26H30N4O2. The Bertz CT molecular complexity index is 1030. The Morgan fingerprint density at radius 1 is 0.781 bits per heavy atom. The van der Waals surface area contributed by atoms with Crippen LogP contribution in [0.15, 0.2) is 78.9 Å². The number of carbonyl (C=O) groups excluding carboxylic acids is 2. The molecule has 6 heteroatoms. The minimum Gasteiger partial charge on any atom is -0.397 e. The molecule has 0 radical (unpaired) electrons. The van der Waals surface area contributed by atoms with Crippen LogP contribution >= 0.6 is 0 Å². The molecule has 32 heavy (non-hydrogen) atoms. The standard InChI is InChI=1S/C26H30N4O2/c1-29(2)18-19-30(17-16-20-8-4-3-5-9-20)26(32)22-14-12-21(13-15-22)25(31)28-24-11-7-6-10-23(24)27/h3-15H,16-19,27H2,1-2H3,(H,28,31). The molecule has 2 amide bonds. The van der Waals surface area contributed by atoms with Crippen LogP contribution in [0.4, 0.5) is 11.4 Å². The highest BCUT2D eigenvalue weighted by Crippen LogP contribution is 2.18. The molecule has 0 fully saturated rings. The number of nitrogens with one attached hydrogen (secondary N) is 1. The van der Waals surface area contributed by atoms with Crippen LogP contribution in [0.2, 0.25) is 0 Å². The van der Waals surface area contributed by atoms with Crippen molar-refractivity contribution in [1.82, 2.24) is 9.80 Å². The number of rotatable bonds is 9. The van der Waals surface area contributed by atoms with Gasteiger partial charge in [0.1, 0.15) is 0 Å². The van der Waals surface area contributed by atoms with Crippen LogP contribution in [0.25, 0.3) is 0 Å². The number of anilines is 2. The molecule has 166 valence electrons. The van der Waals surface area contributed by atoms with Crippen LogP contribution in [0.3, 0.4) is 0 Å². The minimum atomic E-state index is -0.268. The Labute approximate surface area is 189 Å². The summed E-state index contributed by atoms with van der Waals surface area (Å²) >= 11 is 0. The predicted octanol–water partition coefficient (Wildman–Crippen LogP) is 3.77. The number of nitrogens with zero attached hydrogens (tertiary/aromatic N) is 2. The Hall–Kier alpha value is -3.64. The molecule has 0 aromatic heterocycles. The van der Waals surface area contributed by atoms with E-state index in [2.05, 4.69) is 22.3 Å². The van der Waals surface area contributed by atoms with E-state index in [1.165, 1.54) is 5.56 Å². The van der Waals surface area contributed by atoms with Gasteiger partial charge in [-0.05, 0) is 62.5 Å². The second kappa shape index (κ2) is 11.1. The zero-order chi connectivity index (χ0) is 22.9. The summed E-state index contributed by atoms with van der Waals surface area (Å²) in [5, 5.41) is 2.80. The minimum absolute atomic E-state index is 0.0398. The Morgan fingerprint density at radius 2 is 1.41 bits per heavy atom. The van der Waals surface area contributed by atoms with Crippen LogP contribution in [0.5, 0.6) is 0 Å². The summed E-state index contributed by atoms with van der Waals surface area (Å²) in [4.78, 5) is 29.7. The maximum Gasteiger partial charge on any atom is 0.255 e. The van der Waals surface area contributed by atoms with Gasteiger partial charge in [-0.15, -0.1) is 0 Å². The molecular weight excluding hydrogens is 400 g/mol. The number of carbonyl (C=O) groups is 2. The third-order valence-corrected chi connectivity index (χ3v) is 5.22. The molecule has 0 saturated heterocycles. The van der Waals surface area contributed by atoms with Crippen LogP contribution in [-0.4, -0.2) is 55.3 Å². The van der Waals surface area contributed by atoms with Crippen molar-refractivity contribution >= 4 is 23.2 Å². The number of nitrogen functional groups attached to an aromatic ring is 1. The molecule has 0 atom stereocenters. The molecule has 0 aliphatic heterocycles. The molecule has 3 N–H and O–H groups in total. The fourth-order valence-corrected chi connectivity index (χ4v) is 3.30. The van der Waals surface area contributed by atoms with Gasteiger partial charge in [0.05, 0.1) is 11.4 Å². The fourth-order valence-electron chi connectivity index (χ4n) is 3.30. The van der Waals surface area contributed by atoms with Crippen molar-refractivity contribution < 1.29 is 9.59 Å². The first-order valence-corrected chi connectivity index (χ1v) is 10.7. The predicted molar refractivity (Wildman–Crippen MR) is 130 cm³/mol. The van der Waals surface area contributed by atoms with Gasteiger partial charge in [-0.3, -0.25) is 9.59 Å². The lowest BCUT2D eigenvalue weighted by atomic mass is 10.1. The Balaban J connectivity index is 1.68. The lowest BCUT2D eigenvalue weighted by Crippen LogP contribution is -2.38. The number of amides is 2. The second-order valence-corrected chi connectivity index (χ2v) is 7.95. The average Bonchev–Trinajstić information content (AvgIpc) is 2.81. The van der Waals surface area contributed by atoms with Crippen molar-refractivity contribution in [1.29, 1.82) is 0 Å². The number of hydrogen-bond donors (Lipinski definition) is 2. The summed E-state index contributed by atoms with van der Waals surface area (Å²) in [5.74, 6) is -0.308. The lowest BCUT2D eigenvalue weighted by Gasteiger charge is -2.25. The number of benzene rings is 3. The van der Waals surface area contributed by atoms with E-state index in [0.717, 1.165) is 13.0 Å². The first-order valence-electron chi connectivity index (χ1n) is 10.7. The van der Waals surface area contributed by atoms with Crippen molar-refractivity contribution in [2.75, 3.05) is 44.8 Å². The van der Waals surface area contributed by atoms with Gasteiger partial charge in [-0.1, -0.05) is 42.5 Å². The molecule has 3 aromatic carbocycles. The van der Waals surface area contributed by atoms with Gasteiger partial charge >= 0.3 is 0 Å². The van der Waals surface area contributed by atoms with E-state index in [0.29, 0.717) is 35.6 Å².